The van der Waals surface area contributed by atoms with Crippen LogP contribution in [0.1, 0.15) is 55.2 Å². The number of rotatable bonds is 7. The van der Waals surface area contributed by atoms with E-state index in [4.69, 9.17) is 9.15 Å². The summed E-state index contributed by atoms with van der Waals surface area (Å²) >= 11 is 2.79. The minimum absolute atomic E-state index is 0.0465. The number of thioether (sulfide) groups is 1. The molecular weight excluding hydrogens is 446 g/mol. The maximum Gasteiger partial charge on any atom is 0.336 e. The number of carbonyl (C=O) groups excluding carboxylic acids is 1. The zero-order valence-electron chi connectivity index (χ0n) is 17.7. The number of hydrogen-bond acceptors (Lipinski definition) is 9. The molecule has 0 atom stereocenters. The highest BCUT2D eigenvalue weighted by molar-refractivity contribution is 8.01. The summed E-state index contributed by atoms with van der Waals surface area (Å²) in [6.07, 6.45) is 9.31. The fourth-order valence-electron chi connectivity index (χ4n) is 4.48. The second-order valence-corrected chi connectivity index (χ2v) is 10.6. The molecule has 32 heavy (non-hydrogen) atoms. The molecule has 3 aromatic rings. The van der Waals surface area contributed by atoms with Crippen LogP contribution in [0.3, 0.4) is 0 Å². The number of hydrogen-bond donors (Lipinski definition) is 1. The van der Waals surface area contributed by atoms with E-state index in [9.17, 15) is 9.59 Å². The Morgan fingerprint density at radius 1 is 1.12 bits per heavy atom. The molecule has 0 amide bonds. The highest BCUT2D eigenvalue weighted by Crippen LogP contribution is 2.30. The Balaban J connectivity index is 1.17. The van der Waals surface area contributed by atoms with Gasteiger partial charge in [-0.3, -0.25) is 4.79 Å². The molecule has 1 N–H and O–H groups in total. The first-order valence-electron chi connectivity index (χ1n) is 11.1. The van der Waals surface area contributed by atoms with E-state index in [0.29, 0.717) is 17.2 Å². The number of nitrogens with zero attached hydrogens (tertiary/aromatic N) is 2. The summed E-state index contributed by atoms with van der Waals surface area (Å²) in [4.78, 5) is 24.3. The Kier molecular flexibility index (Phi) is 6.45. The van der Waals surface area contributed by atoms with Gasteiger partial charge < -0.3 is 14.5 Å². The van der Waals surface area contributed by atoms with Crippen LogP contribution in [0.4, 0.5) is 5.13 Å². The van der Waals surface area contributed by atoms with Crippen LogP contribution in [0.2, 0.25) is 0 Å². The van der Waals surface area contributed by atoms with Crippen molar-refractivity contribution in [2.75, 3.05) is 11.1 Å². The Hall–Kier alpha value is -2.39. The molecule has 9 heteroatoms. The fraction of sp³-hybridized carbons (Fsp3) is 0.478. The minimum atomic E-state index is -0.428. The number of ether oxygens (including phenoxy) is 1. The minimum Gasteiger partial charge on any atom is -0.460 e. The first-order chi connectivity index (χ1) is 15.6. The van der Waals surface area contributed by atoms with Gasteiger partial charge in [0.15, 0.2) is 4.34 Å². The summed E-state index contributed by atoms with van der Waals surface area (Å²) in [5.41, 5.74) is 3.33. The standard InChI is InChI=1S/C23H25N3O4S2/c27-20-11-16(18-9-14-5-4-6-15(14)10-19(18)30-20)12-29-21(28)13-31-23-26-25-22(32-23)24-17-7-2-1-3-8-17/h9-11,17H,1-8,12-13H2,(H,24,25). The van der Waals surface area contributed by atoms with E-state index in [1.807, 2.05) is 6.07 Å². The molecular formula is C23H25N3O4S2. The number of carbonyl (C=O) groups is 1. The highest BCUT2D eigenvalue weighted by Gasteiger charge is 2.18. The van der Waals surface area contributed by atoms with Crippen LogP contribution in [-0.4, -0.2) is 28.0 Å². The van der Waals surface area contributed by atoms with Crippen molar-refractivity contribution in [3.8, 4) is 0 Å². The average Bonchev–Trinajstić information content (AvgIpc) is 3.44. The zero-order valence-corrected chi connectivity index (χ0v) is 19.4. The predicted octanol–water partition coefficient (Wildman–Crippen LogP) is 4.71. The molecule has 0 saturated heterocycles. The summed E-state index contributed by atoms with van der Waals surface area (Å²) in [6, 6.07) is 5.91. The lowest BCUT2D eigenvalue weighted by Gasteiger charge is -2.21. The zero-order chi connectivity index (χ0) is 21.9. The summed E-state index contributed by atoms with van der Waals surface area (Å²) in [5, 5.41) is 13.5. The molecule has 2 aromatic heterocycles. The molecule has 1 saturated carbocycles. The number of aromatic nitrogens is 2. The van der Waals surface area contributed by atoms with Crippen LogP contribution in [0, 0.1) is 0 Å². The van der Waals surface area contributed by atoms with E-state index in [0.717, 1.165) is 34.1 Å². The van der Waals surface area contributed by atoms with Crippen LogP contribution < -0.4 is 10.9 Å². The van der Waals surface area contributed by atoms with Gasteiger partial charge >= 0.3 is 11.6 Å². The lowest BCUT2D eigenvalue weighted by Crippen LogP contribution is -2.21. The van der Waals surface area contributed by atoms with Crippen LogP contribution in [0.15, 0.2) is 31.8 Å². The third-order valence-electron chi connectivity index (χ3n) is 6.08. The van der Waals surface area contributed by atoms with E-state index in [1.165, 1.54) is 72.4 Å². The van der Waals surface area contributed by atoms with Gasteiger partial charge in [-0.2, -0.15) is 0 Å². The quantitative estimate of drug-likeness (QED) is 0.301. The molecule has 1 aromatic carbocycles. The van der Waals surface area contributed by atoms with E-state index in [1.54, 1.807) is 0 Å². The van der Waals surface area contributed by atoms with Crippen LogP contribution in [0.5, 0.6) is 0 Å². The van der Waals surface area contributed by atoms with E-state index >= 15 is 0 Å². The van der Waals surface area contributed by atoms with Gasteiger partial charge in [-0.1, -0.05) is 42.4 Å². The third-order valence-corrected chi connectivity index (χ3v) is 8.05. The lowest BCUT2D eigenvalue weighted by molar-refractivity contribution is -0.141. The SMILES string of the molecule is O=C(CSc1nnc(NC2CCCCC2)s1)OCc1cc(=O)oc2cc3c(cc12)CCC3. The van der Waals surface area contributed by atoms with E-state index < -0.39 is 5.63 Å². The molecule has 2 heterocycles. The third kappa shape index (κ3) is 4.99. The van der Waals surface area contributed by atoms with Gasteiger partial charge in [0.05, 0.1) is 5.75 Å². The molecule has 1 fully saturated rings. The van der Waals surface area contributed by atoms with Crippen molar-refractivity contribution >= 4 is 45.2 Å². The number of fused-ring (bicyclic) bond motifs is 2. The molecule has 168 valence electrons. The van der Waals surface area contributed by atoms with Gasteiger partial charge in [0.25, 0.3) is 0 Å². The summed E-state index contributed by atoms with van der Waals surface area (Å²) in [6.45, 7) is 0.0465. The molecule has 7 nitrogen and oxygen atoms in total. The maximum absolute atomic E-state index is 12.3. The summed E-state index contributed by atoms with van der Waals surface area (Å²) < 4.78 is 11.6. The second-order valence-electron chi connectivity index (χ2n) is 8.36. The Bertz CT molecular complexity index is 1180. The Morgan fingerprint density at radius 2 is 1.94 bits per heavy atom. The fourth-order valence-corrected chi connectivity index (χ4v) is 6.11. The van der Waals surface area contributed by atoms with Gasteiger partial charge in [0, 0.05) is 23.1 Å². The first-order valence-corrected chi connectivity index (χ1v) is 12.9. The van der Waals surface area contributed by atoms with Gasteiger partial charge in [0.2, 0.25) is 5.13 Å². The molecule has 0 spiro atoms. The first kappa shape index (κ1) is 21.5. The monoisotopic (exact) mass is 471 g/mol. The summed E-state index contributed by atoms with van der Waals surface area (Å²) in [7, 11) is 0. The smallest absolute Gasteiger partial charge is 0.336 e. The summed E-state index contributed by atoms with van der Waals surface area (Å²) in [5.74, 6) is -0.207. The predicted molar refractivity (Wildman–Crippen MR) is 125 cm³/mol. The molecule has 2 aliphatic rings. The molecule has 5 rings (SSSR count). The average molecular weight is 472 g/mol. The van der Waals surface area contributed by atoms with Crippen molar-refractivity contribution in [2.45, 2.75) is 68.4 Å². The molecule has 0 radical (unpaired) electrons. The molecule has 2 aliphatic carbocycles. The van der Waals surface area contributed by atoms with Gasteiger partial charge in [-0.05, 0) is 55.4 Å². The van der Waals surface area contributed by atoms with Crippen LogP contribution in [-0.2, 0) is 29.0 Å². The number of nitrogens with one attached hydrogen (secondary N) is 1. The number of aryl methyl sites for hydroxylation is 2. The molecule has 0 unspecified atom stereocenters. The van der Waals surface area contributed by atoms with Crippen molar-refractivity contribution in [2.24, 2.45) is 0 Å². The van der Waals surface area contributed by atoms with Crippen LogP contribution >= 0.6 is 23.1 Å². The van der Waals surface area contributed by atoms with Gasteiger partial charge in [0.1, 0.15) is 12.2 Å². The van der Waals surface area contributed by atoms with E-state index in [2.05, 4.69) is 21.6 Å². The molecule has 0 aliphatic heterocycles. The highest BCUT2D eigenvalue weighted by atomic mass is 32.2. The van der Waals surface area contributed by atoms with Gasteiger partial charge in [-0.25, -0.2) is 4.79 Å². The normalized spacial score (nSPS) is 16.2. The molecule has 0 bridgehead atoms. The topological polar surface area (TPSA) is 94.3 Å². The maximum atomic E-state index is 12.3. The Morgan fingerprint density at radius 3 is 2.78 bits per heavy atom. The van der Waals surface area contributed by atoms with Crippen molar-refractivity contribution in [1.29, 1.82) is 0 Å². The number of anilines is 1. The van der Waals surface area contributed by atoms with E-state index in [-0.39, 0.29) is 18.3 Å². The Labute approximate surface area is 194 Å². The van der Waals surface area contributed by atoms with Crippen molar-refractivity contribution in [1.82, 2.24) is 10.2 Å². The number of esters is 1. The largest absolute Gasteiger partial charge is 0.460 e. The lowest BCUT2D eigenvalue weighted by atomic mass is 9.96. The van der Waals surface area contributed by atoms with Gasteiger partial charge in [-0.15, -0.1) is 10.2 Å². The van der Waals surface area contributed by atoms with Crippen molar-refractivity contribution in [3.63, 3.8) is 0 Å². The number of benzene rings is 1. The van der Waals surface area contributed by atoms with Crippen LogP contribution in [0.25, 0.3) is 11.0 Å². The van der Waals surface area contributed by atoms with Crippen molar-refractivity contribution < 1.29 is 13.9 Å². The van der Waals surface area contributed by atoms with Crippen molar-refractivity contribution in [3.05, 3.63) is 45.3 Å². The second kappa shape index (κ2) is 9.62.